The highest BCUT2D eigenvalue weighted by Crippen LogP contribution is 2.58. The normalized spacial score (nSPS) is 37.1. The lowest BCUT2D eigenvalue weighted by Gasteiger charge is -2.52. The van der Waals surface area contributed by atoms with Crippen molar-refractivity contribution in [3.63, 3.8) is 0 Å². The topological polar surface area (TPSA) is 52.1 Å². The van der Waals surface area contributed by atoms with Gasteiger partial charge in [-0.1, -0.05) is 51.1 Å². The Kier molecular flexibility index (Phi) is 3.68. The van der Waals surface area contributed by atoms with E-state index in [1.807, 2.05) is 31.3 Å². The summed E-state index contributed by atoms with van der Waals surface area (Å²) >= 11 is 0. The van der Waals surface area contributed by atoms with Gasteiger partial charge in [0, 0.05) is 29.5 Å². The van der Waals surface area contributed by atoms with Gasteiger partial charge in [-0.3, -0.25) is 4.79 Å². The fourth-order valence-corrected chi connectivity index (χ4v) is 5.98. The molecule has 1 saturated carbocycles. The van der Waals surface area contributed by atoms with Crippen LogP contribution in [0.25, 0.3) is 11.4 Å². The van der Waals surface area contributed by atoms with Crippen molar-refractivity contribution in [3.05, 3.63) is 47.8 Å². The second-order valence-electron chi connectivity index (χ2n) is 9.01. The first-order valence-electron chi connectivity index (χ1n) is 10.1. The maximum absolute atomic E-state index is 12.3. The zero-order valence-electron chi connectivity index (χ0n) is 16.2. The summed E-state index contributed by atoms with van der Waals surface area (Å²) in [6.45, 7) is 6.67. The maximum atomic E-state index is 12.3. The zero-order valence-corrected chi connectivity index (χ0v) is 16.2. The highest BCUT2D eigenvalue weighted by atomic mass is 16.6. The number of aromatic nitrogens is 2. The molecule has 1 saturated heterocycles. The fraction of sp³-hybridized carbons (Fsp3) is 0.522. The quantitative estimate of drug-likeness (QED) is 0.706. The lowest BCUT2D eigenvalue weighted by Crippen LogP contribution is -2.50. The van der Waals surface area contributed by atoms with Gasteiger partial charge < -0.3 is 4.74 Å². The fourth-order valence-electron chi connectivity index (χ4n) is 5.98. The minimum atomic E-state index is -0.0140. The number of carbonyl (C=O) groups excluding carboxylic acids is 1. The summed E-state index contributed by atoms with van der Waals surface area (Å²) in [5.41, 5.74) is 3.60. The summed E-state index contributed by atoms with van der Waals surface area (Å²) in [4.78, 5) is 21.9. The van der Waals surface area contributed by atoms with Crippen LogP contribution < -0.4 is 0 Å². The number of hydrogen-bond donors (Lipinski definition) is 0. The van der Waals surface area contributed by atoms with Crippen molar-refractivity contribution in [2.45, 2.75) is 52.1 Å². The molecule has 4 nitrogen and oxygen atoms in total. The predicted octanol–water partition coefficient (Wildman–Crippen LogP) is 4.40. The van der Waals surface area contributed by atoms with E-state index < -0.39 is 0 Å². The van der Waals surface area contributed by atoms with Crippen molar-refractivity contribution < 1.29 is 9.53 Å². The van der Waals surface area contributed by atoms with E-state index in [1.54, 1.807) is 0 Å². The standard InChI is InChI=1S/C23H26N2O2/c1-13-17-9-10-23(3)11-16-12-24-21(15-7-5-4-6-8-15)25-19(16)14(2)18(23)20(17)27-22(13)26/h4-8,12-14,17-18,20H,9-11H2,1-3H3. The molecule has 6 unspecified atom stereocenters. The maximum Gasteiger partial charge on any atom is 0.309 e. The van der Waals surface area contributed by atoms with Gasteiger partial charge in [-0.2, -0.15) is 0 Å². The van der Waals surface area contributed by atoms with Crippen molar-refractivity contribution in [2.75, 3.05) is 0 Å². The Hall–Kier alpha value is -2.23. The van der Waals surface area contributed by atoms with Crippen molar-refractivity contribution in [1.29, 1.82) is 0 Å². The van der Waals surface area contributed by atoms with Gasteiger partial charge in [0.2, 0.25) is 0 Å². The molecule has 1 aliphatic heterocycles. The average Bonchev–Trinajstić information content (AvgIpc) is 2.95. The van der Waals surface area contributed by atoms with Crippen LogP contribution in [0.3, 0.4) is 0 Å². The number of ether oxygens (including phenoxy) is 1. The minimum absolute atomic E-state index is 0.0140. The first kappa shape index (κ1) is 16.9. The van der Waals surface area contributed by atoms with E-state index in [2.05, 4.69) is 31.0 Å². The monoisotopic (exact) mass is 362 g/mol. The van der Waals surface area contributed by atoms with Gasteiger partial charge in [0.25, 0.3) is 0 Å². The van der Waals surface area contributed by atoms with E-state index in [9.17, 15) is 4.79 Å². The second-order valence-corrected chi connectivity index (χ2v) is 9.01. The number of benzene rings is 1. The summed E-state index contributed by atoms with van der Waals surface area (Å²) in [7, 11) is 0. The molecule has 0 radical (unpaired) electrons. The van der Waals surface area contributed by atoms with E-state index in [1.165, 1.54) is 5.56 Å². The van der Waals surface area contributed by atoms with Crippen LogP contribution in [0.15, 0.2) is 36.5 Å². The van der Waals surface area contributed by atoms with Crippen molar-refractivity contribution in [3.8, 4) is 11.4 Å². The Bertz CT molecular complexity index is 897. The molecule has 2 aliphatic carbocycles. The zero-order chi connectivity index (χ0) is 18.8. The molecule has 140 valence electrons. The Balaban J connectivity index is 1.57. The van der Waals surface area contributed by atoms with Gasteiger partial charge in [0.05, 0.1) is 11.6 Å². The molecule has 4 heteroatoms. The van der Waals surface area contributed by atoms with Crippen LogP contribution in [0.2, 0.25) is 0 Å². The number of esters is 1. The van der Waals surface area contributed by atoms with Gasteiger partial charge in [-0.05, 0) is 30.2 Å². The van der Waals surface area contributed by atoms with E-state index >= 15 is 0 Å². The molecular weight excluding hydrogens is 336 g/mol. The SMILES string of the molecule is CC1C(=O)OC2C1CCC1(C)Cc3cnc(-c4ccccc4)nc3C(C)C21. The molecule has 0 bridgehead atoms. The molecule has 1 aromatic carbocycles. The lowest BCUT2D eigenvalue weighted by atomic mass is 9.53. The molecule has 27 heavy (non-hydrogen) atoms. The van der Waals surface area contributed by atoms with Crippen LogP contribution in [0.1, 0.15) is 50.8 Å². The van der Waals surface area contributed by atoms with Crippen LogP contribution in [0, 0.1) is 23.2 Å². The summed E-state index contributed by atoms with van der Waals surface area (Å²) in [6, 6.07) is 10.1. The molecule has 0 N–H and O–H groups in total. The molecule has 6 atom stereocenters. The summed E-state index contributed by atoms with van der Waals surface area (Å²) in [5.74, 6) is 1.74. The van der Waals surface area contributed by atoms with Crippen molar-refractivity contribution >= 4 is 5.97 Å². The van der Waals surface area contributed by atoms with E-state index in [0.29, 0.717) is 11.8 Å². The first-order valence-corrected chi connectivity index (χ1v) is 10.1. The Morgan fingerprint density at radius 2 is 1.93 bits per heavy atom. The molecule has 1 aromatic heterocycles. The van der Waals surface area contributed by atoms with Crippen molar-refractivity contribution in [1.82, 2.24) is 9.97 Å². The summed E-state index contributed by atoms with van der Waals surface area (Å²) < 4.78 is 5.93. The third-order valence-corrected chi connectivity index (χ3v) is 7.39. The number of rotatable bonds is 1. The minimum Gasteiger partial charge on any atom is -0.461 e. The molecule has 0 amide bonds. The smallest absolute Gasteiger partial charge is 0.309 e. The summed E-state index contributed by atoms with van der Waals surface area (Å²) in [5, 5.41) is 0. The first-order chi connectivity index (χ1) is 13.0. The molecule has 2 fully saturated rings. The molecule has 3 aliphatic rings. The Morgan fingerprint density at radius 1 is 1.15 bits per heavy atom. The van der Waals surface area contributed by atoms with Crippen LogP contribution in [-0.2, 0) is 16.0 Å². The summed E-state index contributed by atoms with van der Waals surface area (Å²) in [6.07, 6.45) is 5.25. The number of fused-ring (bicyclic) bond motifs is 4. The molecular formula is C23H26N2O2. The third-order valence-electron chi connectivity index (χ3n) is 7.39. The van der Waals surface area contributed by atoms with Gasteiger partial charge in [-0.15, -0.1) is 0 Å². The largest absolute Gasteiger partial charge is 0.461 e. The van der Waals surface area contributed by atoms with Crippen molar-refractivity contribution in [2.24, 2.45) is 23.2 Å². The third kappa shape index (κ3) is 2.45. The van der Waals surface area contributed by atoms with Crippen LogP contribution in [-0.4, -0.2) is 22.0 Å². The number of carbonyl (C=O) groups is 1. The predicted molar refractivity (Wildman–Crippen MR) is 103 cm³/mol. The Labute approximate surface area is 160 Å². The van der Waals surface area contributed by atoms with Gasteiger partial charge in [0.15, 0.2) is 5.82 Å². The van der Waals surface area contributed by atoms with Crippen LogP contribution in [0.5, 0.6) is 0 Å². The highest BCUT2D eigenvalue weighted by Gasteiger charge is 2.58. The molecule has 0 spiro atoms. The van der Waals surface area contributed by atoms with Crippen LogP contribution in [0.4, 0.5) is 0 Å². The van der Waals surface area contributed by atoms with E-state index in [4.69, 9.17) is 9.72 Å². The second kappa shape index (κ2) is 5.88. The molecule has 5 rings (SSSR count). The number of nitrogens with zero attached hydrogens (tertiary/aromatic N) is 2. The van der Waals surface area contributed by atoms with E-state index in [-0.39, 0.29) is 29.3 Å². The number of hydrogen-bond acceptors (Lipinski definition) is 4. The van der Waals surface area contributed by atoms with E-state index in [0.717, 1.165) is 36.3 Å². The van der Waals surface area contributed by atoms with Gasteiger partial charge >= 0.3 is 5.97 Å². The van der Waals surface area contributed by atoms with Crippen LogP contribution >= 0.6 is 0 Å². The molecule has 2 heterocycles. The lowest BCUT2D eigenvalue weighted by molar-refractivity contribution is -0.149. The highest BCUT2D eigenvalue weighted by molar-refractivity contribution is 5.75. The van der Waals surface area contributed by atoms with Gasteiger partial charge in [-0.25, -0.2) is 9.97 Å². The Morgan fingerprint density at radius 3 is 2.70 bits per heavy atom. The average molecular weight is 362 g/mol. The van der Waals surface area contributed by atoms with Gasteiger partial charge in [0.1, 0.15) is 6.10 Å². The molecule has 2 aromatic rings.